The number of aryl methyl sites for hydroxylation is 1. The van der Waals surface area contributed by atoms with Gasteiger partial charge < -0.3 is 0 Å². The Morgan fingerprint density at radius 1 is 1.29 bits per heavy atom. The SMILES string of the molecule is CC(=O)[C@]1(C)Cc2ccc(C)cc2C1. The summed E-state index contributed by atoms with van der Waals surface area (Å²) in [6, 6.07) is 6.51. The maximum absolute atomic E-state index is 11.5. The molecule has 2 rings (SSSR count). The lowest BCUT2D eigenvalue weighted by atomic mass is 9.83. The van der Waals surface area contributed by atoms with Gasteiger partial charge in [-0.15, -0.1) is 0 Å². The number of carbonyl (C=O) groups is 1. The fourth-order valence-corrected chi connectivity index (χ4v) is 2.24. The zero-order valence-corrected chi connectivity index (χ0v) is 9.05. The molecule has 1 nitrogen and oxygen atoms in total. The van der Waals surface area contributed by atoms with Crippen molar-refractivity contribution in [1.82, 2.24) is 0 Å². The molecular weight excluding hydrogens is 172 g/mol. The molecule has 0 bridgehead atoms. The number of fused-ring (bicyclic) bond motifs is 1. The van der Waals surface area contributed by atoms with Crippen LogP contribution in [-0.2, 0) is 17.6 Å². The van der Waals surface area contributed by atoms with Gasteiger partial charge in [0.05, 0.1) is 0 Å². The van der Waals surface area contributed by atoms with Crippen molar-refractivity contribution >= 4 is 5.78 Å². The Morgan fingerprint density at radius 2 is 1.93 bits per heavy atom. The first-order chi connectivity index (χ1) is 6.51. The van der Waals surface area contributed by atoms with Gasteiger partial charge in [0.2, 0.25) is 0 Å². The molecule has 1 aromatic carbocycles. The number of ketones is 1. The first-order valence-corrected chi connectivity index (χ1v) is 5.11. The van der Waals surface area contributed by atoms with Crippen LogP contribution in [0.5, 0.6) is 0 Å². The lowest BCUT2D eigenvalue weighted by molar-refractivity contribution is -0.125. The van der Waals surface area contributed by atoms with E-state index in [9.17, 15) is 4.79 Å². The normalized spacial score (nSPS) is 24.8. The predicted octanol–water partition coefficient (Wildman–Crippen LogP) is 2.69. The van der Waals surface area contributed by atoms with E-state index in [1.165, 1.54) is 16.7 Å². The first kappa shape index (κ1) is 9.45. The third-order valence-corrected chi connectivity index (χ3v) is 3.37. The zero-order chi connectivity index (χ0) is 10.3. The summed E-state index contributed by atoms with van der Waals surface area (Å²) >= 11 is 0. The van der Waals surface area contributed by atoms with E-state index in [1.807, 2.05) is 0 Å². The first-order valence-electron chi connectivity index (χ1n) is 5.11. The minimum atomic E-state index is -0.143. The zero-order valence-electron chi connectivity index (χ0n) is 9.05. The minimum Gasteiger partial charge on any atom is -0.299 e. The molecule has 0 saturated heterocycles. The molecule has 0 heterocycles. The van der Waals surface area contributed by atoms with Crippen LogP contribution in [0, 0.1) is 12.3 Å². The van der Waals surface area contributed by atoms with E-state index in [0.29, 0.717) is 5.78 Å². The van der Waals surface area contributed by atoms with E-state index >= 15 is 0 Å². The maximum Gasteiger partial charge on any atom is 0.136 e. The largest absolute Gasteiger partial charge is 0.299 e. The second-order valence-corrected chi connectivity index (χ2v) is 4.74. The van der Waals surface area contributed by atoms with Crippen molar-refractivity contribution in [2.24, 2.45) is 5.41 Å². The molecule has 1 aliphatic carbocycles. The molecule has 14 heavy (non-hydrogen) atoms. The molecular formula is C13H16O. The Bertz CT molecular complexity index is 392. The Morgan fingerprint density at radius 3 is 2.57 bits per heavy atom. The third kappa shape index (κ3) is 1.37. The van der Waals surface area contributed by atoms with Crippen LogP contribution in [0.3, 0.4) is 0 Å². The van der Waals surface area contributed by atoms with Gasteiger partial charge >= 0.3 is 0 Å². The van der Waals surface area contributed by atoms with E-state index in [2.05, 4.69) is 32.0 Å². The van der Waals surface area contributed by atoms with Crippen molar-refractivity contribution in [2.45, 2.75) is 33.6 Å². The van der Waals surface area contributed by atoms with Crippen LogP contribution in [-0.4, -0.2) is 5.78 Å². The smallest absolute Gasteiger partial charge is 0.136 e. The molecule has 0 N–H and O–H groups in total. The van der Waals surface area contributed by atoms with Crippen LogP contribution in [0.1, 0.15) is 30.5 Å². The van der Waals surface area contributed by atoms with Crippen LogP contribution < -0.4 is 0 Å². The van der Waals surface area contributed by atoms with Gasteiger partial charge in [-0.1, -0.05) is 30.7 Å². The van der Waals surface area contributed by atoms with Gasteiger partial charge in [0.15, 0.2) is 0 Å². The van der Waals surface area contributed by atoms with E-state index in [1.54, 1.807) is 6.92 Å². The van der Waals surface area contributed by atoms with Crippen LogP contribution in [0.25, 0.3) is 0 Å². The van der Waals surface area contributed by atoms with Crippen molar-refractivity contribution in [3.05, 3.63) is 34.9 Å². The maximum atomic E-state index is 11.5. The average Bonchev–Trinajstić information content (AvgIpc) is 2.42. The molecule has 1 heteroatoms. The van der Waals surface area contributed by atoms with Crippen molar-refractivity contribution in [1.29, 1.82) is 0 Å². The van der Waals surface area contributed by atoms with Gasteiger partial charge in [0.1, 0.15) is 5.78 Å². The van der Waals surface area contributed by atoms with E-state index in [-0.39, 0.29) is 5.41 Å². The second-order valence-electron chi connectivity index (χ2n) is 4.74. The summed E-state index contributed by atoms with van der Waals surface area (Å²) in [5, 5.41) is 0. The lowest BCUT2D eigenvalue weighted by Gasteiger charge is -2.18. The van der Waals surface area contributed by atoms with Crippen molar-refractivity contribution in [3.63, 3.8) is 0 Å². The minimum absolute atomic E-state index is 0.143. The Hall–Kier alpha value is -1.11. The topological polar surface area (TPSA) is 17.1 Å². The van der Waals surface area contributed by atoms with Crippen molar-refractivity contribution in [3.8, 4) is 0 Å². The number of hydrogen-bond donors (Lipinski definition) is 0. The van der Waals surface area contributed by atoms with E-state index in [4.69, 9.17) is 0 Å². The van der Waals surface area contributed by atoms with Crippen LogP contribution in [0.2, 0.25) is 0 Å². The summed E-state index contributed by atoms with van der Waals surface area (Å²) in [5.74, 6) is 0.311. The van der Waals surface area contributed by atoms with E-state index < -0.39 is 0 Å². The van der Waals surface area contributed by atoms with E-state index in [0.717, 1.165) is 12.8 Å². The van der Waals surface area contributed by atoms with Gasteiger partial charge in [-0.3, -0.25) is 4.79 Å². The third-order valence-electron chi connectivity index (χ3n) is 3.37. The predicted molar refractivity (Wildman–Crippen MR) is 57.4 cm³/mol. The van der Waals surface area contributed by atoms with Gasteiger partial charge in [-0.2, -0.15) is 0 Å². The molecule has 74 valence electrons. The molecule has 0 spiro atoms. The number of Topliss-reactive ketones (excluding diaryl/α,β-unsaturated/α-hetero) is 1. The van der Waals surface area contributed by atoms with Crippen molar-refractivity contribution < 1.29 is 4.79 Å². The Balaban J connectivity index is 2.39. The standard InChI is InChI=1S/C13H16O/c1-9-4-5-11-7-13(3,10(2)14)8-12(11)6-9/h4-6H,7-8H2,1-3H3/t13-/m1/s1. The van der Waals surface area contributed by atoms with Gasteiger partial charge in [-0.25, -0.2) is 0 Å². The monoisotopic (exact) mass is 188 g/mol. The molecule has 0 aliphatic heterocycles. The van der Waals surface area contributed by atoms with Gasteiger partial charge in [0.25, 0.3) is 0 Å². The highest BCUT2D eigenvalue weighted by atomic mass is 16.1. The number of hydrogen-bond acceptors (Lipinski definition) is 1. The highest BCUT2D eigenvalue weighted by molar-refractivity contribution is 5.83. The fourth-order valence-electron chi connectivity index (χ4n) is 2.24. The highest BCUT2D eigenvalue weighted by Gasteiger charge is 2.36. The summed E-state index contributed by atoms with van der Waals surface area (Å²) in [7, 11) is 0. The summed E-state index contributed by atoms with van der Waals surface area (Å²) in [5.41, 5.74) is 3.86. The second kappa shape index (κ2) is 2.94. The molecule has 1 atom stereocenters. The van der Waals surface area contributed by atoms with Gasteiger partial charge in [0, 0.05) is 5.41 Å². The number of benzene rings is 1. The summed E-state index contributed by atoms with van der Waals surface area (Å²) in [6.07, 6.45) is 1.83. The summed E-state index contributed by atoms with van der Waals surface area (Å²) < 4.78 is 0. The Kier molecular flexibility index (Phi) is 1.99. The molecule has 1 aliphatic rings. The quantitative estimate of drug-likeness (QED) is 0.662. The number of rotatable bonds is 1. The molecule has 0 saturated carbocycles. The van der Waals surface area contributed by atoms with Crippen LogP contribution >= 0.6 is 0 Å². The molecule has 0 amide bonds. The molecule has 1 aromatic rings. The van der Waals surface area contributed by atoms with Crippen LogP contribution in [0.15, 0.2) is 18.2 Å². The molecule has 0 fully saturated rings. The highest BCUT2D eigenvalue weighted by Crippen LogP contribution is 2.37. The van der Waals surface area contributed by atoms with Crippen molar-refractivity contribution in [2.75, 3.05) is 0 Å². The molecule has 0 radical (unpaired) electrons. The average molecular weight is 188 g/mol. The molecule has 0 aromatic heterocycles. The van der Waals surface area contributed by atoms with Gasteiger partial charge in [-0.05, 0) is 37.8 Å². The summed E-state index contributed by atoms with van der Waals surface area (Å²) in [4.78, 5) is 11.5. The summed E-state index contributed by atoms with van der Waals surface area (Å²) in [6.45, 7) is 5.88. The lowest BCUT2D eigenvalue weighted by Crippen LogP contribution is -2.25. The molecule has 0 unspecified atom stereocenters. The van der Waals surface area contributed by atoms with Crippen LogP contribution in [0.4, 0.5) is 0 Å². The fraction of sp³-hybridized carbons (Fsp3) is 0.462. The number of carbonyl (C=O) groups excluding carboxylic acids is 1. The Labute approximate surface area is 85.1 Å².